The Morgan fingerprint density at radius 1 is 1.15 bits per heavy atom. The predicted molar refractivity (Wildman–Crippen MR) is 133 cm³/mol. The number of benzene rings is 1. The first-order chi connectivity index (χ1) is 16.3. The van der Waals surface area contributed by atoms with Gasteiger partial charge in [-0.15, -0.1) is 0 Å². The van der Waals surface area contributed by atoms with Gasteiger partial charge in [0.2, 0.25) is 5.91 Å². The van der Waals surface area contributed by atoms with Crippen molar-refractivity contribution in [2.24, 2.45) is 5.92 Å². The number of rotatable bonds is 9. The SMILES string of the molecule is CN(CC(=O)O)C(=O)CCc1ccc(/C(=C\C2CCCC2)c2ccc(C3CC3)c(=O)[nH]2)cc1Cl. The number of allylic oxidation sites excluding steroid dienone is 1. The third-order valence-corrected chi connectivity index (χ3v) is 7.17. The van der Waals surface area contributed by atoms with Gasteiger partial charge in [-0.1, -0.05) is 48.7 Å². The van der Waals surface area contributed by atoms with Gasteiger partial charge in [0, 0.05) is 35.3 Å². The summed E-state index contributed by atoms with van der Waals surface area (Å²) in [6.07, 6.45) is 9.77. The molecule has 2 saturated carbocycles. The van der Waals surface area contributed by atoms with E-state index in [1.165, 1.54) is 24.8 Å². The summed E-state index contributed by atoms with van der Waals surface area (Å²) in [5, 5.41) is 9.42. The number of carbonyl (C=O) groups excluding carboxylic acids is 1. The molecule has 0 radical (unpaired) electrons. The van der Waals surface area contributed by atoms with Crippen molar-refractivity contribution >= 4 is 29.1 Å². The molecule has 1 amide bonds. The van der Waals surface area contributed by atoms with Crippen molar-refractivity contribution in [2.75, 3.05) is 13.6 Å². The van der Waals surface area contributed by atoms with E-state index in [1.807, 2.05) is 30.3 Å². The molecule has 1 heterocycles. The number of aryl methyl sites for hydroxylation is 1. The number of aromatic nitrogens is 1. The largest absolute Gasteiger partial charge is 0.480 e. The minimum Gasteiger partial charge on any atom is -0.480 e. The molecule has 180 valence electrons. The molecule has 4 rings (SSSR count). The van der Waals surface area contributed by atoms with E-state index in [0.29, 0.717) is 23.3 Å². The first-order valence-electron chi connectivity index (χ1n) is 12.0. The van der Waals surface area contributed by atoms with Gasteiger partial charge >= 0.3 is 5.97 Å². The molecular formula is C27H31ClN2O4. The molecule has 1 aromatic heterocycles. The van der Waals surface area contributed by atoms with E-state index in [-0.39, 0.29) is 24.4 Å². The fourth-order valence-electron chi connectivity index (χ4n) is 4.70. The van der Waals surface area contributed by atoms with Crippen molar-refractivity contribution in [3.05, 3.63) is 74.2 Å². The van der Waals surface area contributed by atoms with Gasteiger partial charge in [0.05, 0.1) is 0 Å². The van der Waals surface area contributed by atoms with Crippen molar-refractivity contribution in [1.29, 1.82) is 0 Å². The molecule has 1 aromatic carbocycles. The molecule has 34 heavy (non-hydrogen) atoms. The van der Waals surface area contributed by atoms with Crippen molar-refractivity contribution in [3.63, 3.8) is 0 Å². The summed E-state index contributed by atoms with van der Waals surface area (Å²) in [5.74, 6) is -0.408. The van der Waals surface area contributed by atoms with Gasteiger partial charge in [-0.05, 0) is 67.2 Å². The van der Waals surface area contributed by atoms with E-state index in [4.69, 9.17) is 16.7 Å². The summed E-state index contributed by atoms with van der Waals surface area (Å²) in [7, 11) is 1.48. The van der Waals surface area contributed by atoms with Gasteiger partial charge in [-0.2, -0.15) is 0 Å². The van der Waals surface area contributed by atoms with E-state index in [0.717, 1.165) is 53.6 Å². The summed E-state index contributed by atoms with van der Waals surface area (Å²) < 4.78 is 0. The van der Waals surface area contributed by atoms with Gasteiger partial charge in [0.25, 0.3) is 5.56 Å². The molecule has 2 fully saturated rings. The molecule has 6 nitrogen and oxygen atoms in total. The standard InChI is InChI=1S/C27H31ClN2O4/c1-30(16-26(32)33)25(31)13-10-19-8-9-20(15-23(19)28)22(14-17-4-2-3-5-17)24-12-11-21(18-6-7-18)27(34)29-24/h8-9,11-12,14-15,17-18H,2-7,10,13,16H2,1H3,(H,29,34)(H,32,33)/b22-14+. The van der Waals surface area contributed by atoms with Gasteiger partial charge in [0.15, 0.2) is 0 Å². The van der Waals surface area contributed by atoms with E-state index in [1.54, 1.807) is 0 Å². The number of carbonyl (C=O) groups is 2. The Labute approximate surface area is 204 Å². The number of carboxylic acids is 1. The van der Waals surface area contributed by atoms with Crippen LogP contribution in [0.1, 0.15) is 73.2 Å². The molecule has 2 N–H and O–H groups in total. The second kappa shape index (κ2) is 10.6. The normalized spacial score (nSPS) is 16.6. The highest BCUT2D eigenvalue weighted by atomic mass is 35.5. The maximum absolute atomic E-state index is 12.7. The quantitative estimate of drug-likeness (QED) is 0.526. The van der Waals surface area contributed by atoms with Crippen molar-refractivity contribution in [1.82, 2.24) is 9.88 Å². The zero-order chi connectivity index (χ0) is 24.2. The van der Waals surface area contributed by atoms with Crippen molar-refractivity contribution in [3.8, 4) is 0 Å². The Morgan fingerprint density at radius 2 is 1.88 bits per heavy atom. The number of aliphatic carboxylic acids is 1. The lowest BCUT2D eigenvalue weighted by atomic mass is 9.94. The number of halogens is 1. The summed E-state index contributed by atoms with van der Waals surface area (Å²) in [6, 6.07) is 9.77. The number of nitrogens with one attached hydrogen (secondary N) is 1. The number of amides is 1. The third kappa shape index (κ3) is 5.98. The molecule has 0 saturated heterocycles. The Hall–Kier alpha value is -2.86. The summed E-state index contributed by atoms with van der Waals surface area (Å²) >= 11 is 6.61. The van der Waals surface area contributed by atoms with Crippen LogP contribution in [0.25, 0.3) is 5.57 Å². The second-order valence-corrected chi connectivity index (χ2v) is 9.91. The number of H-pyrrole nitrogens is 1. The Kier molecular flexibility index (Phi) is 7.57. The van der Waals surface area contributed by atoms with Crippen LogP contribution in [-0.4, -0.2) is 40.5 Å². The fourth-order valence-corrected chi connectivity index (χ4v) is 4.98. The van der Waals surface area contributed by atoms with E-state index in [9.17, 15) is 14.4 Å². The number of nitrogens with zero attached hydrogens (tertiary/aromatic N) is 1. The zero-order valence-electron chi connectivity index (χ0n) is 19.5. The molecule has 0 spiro atoms. The first-order valence-corrected chi connectivity index (χ1v) is 12.4. The average molecular weight is 483 g/mol. The van der Waals surface area contributed by atoms with Gasteiger partial charge < -0.3 is 15.0 Å². The number of likely N-dealkylation sites (N-methyl/N-ethyl adjacent to an activating group) is 1. The van der Waals surface area contributed by atoms with Crippen LogP contribution in [0.4, 0.5) is 0 Å². The van der Waals surface area contributed by atoms with Crippen LogP contribution in [0.3, 0.4) is 0 Å². The van der Waals surface area contributed by atoms with Crippen molar-refractivity contribution in [2.45, 2.75) is 57.3 Å². The maximum Gasteiger partial charge on any atom is 0.323 e. The average Bonchev–Trinajstić information content (AvgIpc) is 3.50. The lowest BCUT2D eigenvalue weighted by Gasteiger charge is -2.16. The maximum atomic E-state index is 12.7. The molecule has 2 aromatic rings. The van der Waals surface area contributed by atoms with Crippen molar-refractivity contribution < 1.29 is 14.7 Å². The van der Waals surface area contributed by atoms with Crippen LogP contribution in [0, 0.1) is 5.92 Å². The molecule has 0 bridgehead atoms. The number of aromatic amines is 1. The molecule has 0 atom stereocenters. The minimum atomic E-state index is -1.04. The van der Waals surface area contributed by atoms with Crippen LogP contribution in [0.5, 0.6) is 0 Å². The van der Waals surface area contributed by atoms with E-state index in [2.05, 4.69) is 11.1 Å². The smallest absolute Gasteiger partial charge is 0.323 e. The number of carboxylic acid groups (broad SMARTS) is 1. The topological polar surface area (TPSA) is 90.5 Å². The lowest BCUT2D eigenvalue weighted by Crippen LogP contribution is -2.32. The number of pyridine rings is 1. The highest BCUT2D eigenvalue weighted by Gasteiger charge is 2.26. The number of hydrogen-bond donors (Lipinski definition) is 2. The third-order valence-electron chi connectivity index (χ3n) is 6.82. The molecule has 7 heteroatoms. The Morgan fingerprint density at radius 3 is 2.50 bits per heavy atom. The highest BCUT2D eigenvalue weighted by Crippen LogP contribution is 2.39. The predicted octanol–water partition coefficient (Wildman–Crippen LogP) is 5.00. The molecule has 0 unspecified atom stereocenters. The van der Waals surface area contributed by atoms with Crippen LogP contribution in [0.2, 0.25) is 5.02 Å². The zero-order valence-corrected chi connectivity index (χ0v) is 20.2. The van der Waals surface area contributed by atoms with Crippen LogP contribution < -0.4 is 5.56 Å². The van der Waals surface area contributed by atoms with Gasteiger partial charge in [-0.3, -0.25) is 14.4 Å². The van der Waals surface area contributed by atoms with Crippen LogP contribution in [0.15, 0.2) is 41.2 Å². The van der Waals surface area contributed by atoms with E-state index < -0.39 is 5.97 Å². The molecule has 0 aliphatic heterocycles. The van der Waals surface area contributed by atoms with Crippen LogP contribution in [-0.2, 0) is 16.0 Å². The summed E-state index contributed by atoms with van der Waals surface area (Å²) in [4.78, 5) is 40.0. The highest BCUT2D eigenvalue weighted by molar-refractivity contribution is 6.31. The minimum absolute atomic E-state index is 0.0102. The molecular weight excluding hydrogens is 452 g/mol. The first kappa shape index (κ1) is 24.3. The summed E-state index contributed by atoms with van der Waals surface area (Å²) in [6.45, 7) is -0.321. The van der Waals surface area contributed by atoms with Gasteiger partial charge in [0.1, 0.15) is 6.54 Å². The fraction of sp³-hybridized carbons (Fsp3) is 0.444. The monoisotopic (exact) mass is 482 g/mol. The van der Waals surface area contributed by atoms with Crippen LogP contribution >= 0.6 is 11.6 Å². The number of hydrogen-bond acceptors (Lipinski definition) is 3. The lowest BCUT2D eigenvalue weighted by molar-refractivity contribution is -0.143. The Balaban J connectivity index is 1.56. The summed E-state index contributed by atoms with van der Waals surface area (Å²) in [5.41, 5.74) is 4.41. The second-order valence-electron chi connectivity index (χ2n) is 9.51. The molecule has 2 aliphatic carbocycles. The molecule has 2 aliphatic rings. The van der Waals surface area contributed by atoms with E-state index >= 15 is 0 Å². The van der Waals surface area contributed by atoms with Gasteiger partial charge in [-0.25, -0.2) is 0 Å². The Bertz CT molecular complexity index is 1160.